The van der Waals surface area contributed by atoms with E-state index in [2.05, 4.69) is 19.2 Å². The summed E-state index contributed by atoms with van der Waals surface area (Å²) in [6, 6.07) is 0.212. The molecule has 0 radical (unpaired) electrons. The number of amides is 1. The lowest BCUT2D eigenvalue weighted by Gasteiger charge is -2.25. The predicted molar refractivity (Wildman–Crippen MR) is 80.5 cm³/mol. The van der Waals surface area contributed by atoms with Crippen molar-refractivity contribution in [2.45, 2.75) is 52.0 Å². The van der Waals surface area contributed by atoms with Gasteiger partial charge in [0.1, 0.15) is 0 Å². The van der Waals surface area contributed by atoms with E-state index >= 15 is 0 Å². The average molecular weight is 293 g/mol. The highest BCUT2D eigenvalue weighted by molar-refractivity contribution is 5.85. The van der Waals surface area contributed by atoms with Gasteiger partial charge in [0.05, 0.1) is 0 Å². The second-order valence-corrected chi connectivity index (χ2v) is 5.74. The SMILES string of the molecule is CC(C)COCCCNC(=O)C1CCCC(N)C1.Cl. The zero-order chi connectivity index (χ0) is 13.4. The van der Waals surface area contributed by atoms with Gasteiger partial charge in [0.2, 0.25) is 5.91 Å². The Bertz CT molecular complexity index is 250. The van der Waals surface area contributed by atoms with Crippen LogP contribution in [0.5, 0.6) is 0 Å². The Labute approximate surface area is 123 Å². The van der Waals surface area contributed by atoms with Gasteiger partial charge in [-0.15, -0.1) is 12.4 Å². The number of carbonyl (C=O) groups excluding carboxylic acids is 1. The first kappa shape index (κ1) is 18.7. The van der Waals surface area contributed by atoms with E-state index in [1.54, 1.807) is 0 Å². The first-order chi connectivity index (χ1) is 8.59. The van der Waals surface area contributed by atoms with Crippen LogP contribution in [0.4, 0.5) is 0 Å². The highest BCUT2D eigenvalue weighted by atomic mass is 35.5. The molecule has 0 saturated heterocycles. The van der Waals surface area contributed by atoms with Gasteiger partial charge in [-0.25, -0.2) is 0 Å². The quantitative estimate of drug-likeness (QED) is 0.706. The van der Waals surface area contributed by atoms with Gasteiger partial charge in [-0.2, -0.15) is 0 Å². The molecule has 0 aromatic carbocycles. The number of halogens is 1. The summed E-state index contributed by atoms with van der Waals surface area (Å²) in [5, 5.41) is 2.99. The Kier molecular flexibility index (Phi) is 10.3. The monoisotopic (exact) mass is 292 g/mol. The first-order valence-corrected chi connectivity index (χ1v) is 7.20. The number of rotatable bonds is 7. The Hall–Kier alpha value is -0.320. The summed E-state index contributed by atoms with van der Waals surface area (Å²) in [6.45, 7) is 6.50. The highest BCUT2D eigenvalue weighted by Gasteiger charge is 2.24. The molecule has 1 fully saturated rings. The molecule has 0 heterocycles. The molecule has 2 atom stereocenters. The van der Waals surface area contributed by atoms with Crippen LogP contribution in [0.2, 0.25) is 0 Å². The molecule has 0 aliphatic heterocycles. The third-order valence-electron chi connectivity index (χ3n) is 3.30. The van der Waals surface area contributed by atoms with Gasteiger partial charge in [-0.05, 0) is 31.6 Å². The fourth-order valence-corrected chi connectivity index (χ4v) is 2.31. The van der Waals surface area contributed by atoms with E-state index in [1.807, 2.05) is 0 Å². The zero-order valence-corrected chi connectivity index (χ0v) is 13.0. The maximum absolute atomic E-state index is 11.9. The van der Waals surface area contributed by atoms with Crippen molar-refractivity contribution in [3.05, 3.63) is 0 Å². The minimum atomic E-state index is 0. The van der Waals surface area contributed by atoms with Crippen molar-refractivity contribution >= 4 is 18.3 Å². The van der Waals surface area contributed by atoms with Gasteiger partial charge < -0.3 is 15.8 Å². The molecule has 4 nitrogen and oxygen atoms in total. The Morgan fingerprint density at radius 3 is 2.79 bits per heavy atom. The summed E-state index contributed by atoms with van der Waals surface area (Å²) >= 11 is 0. The van der Waals surface area contributed by atoms with Crippen LogP contribution in [0, 0.1) is 11.8 Å². The number of hydrogen-bond donors (Lipinski definition) is 2. The summed E-state index contributed by atoms with van der Waals surface area (Å²) in [5.74, 6) is 0.877. The van der Waals surface area contributed by atoms with Crippen LogP contribution >= 0.6 is 12.4 Å². The maximum Gasteiger partial charge on any atom is 0.223 e. The minimum Gasteiger partial charge on any atom is -0.381 e. The van der Waals surface area contributed by atoms with Crippen molar-refractivity contribution in [1.29, 1.82) is 0 Å². The van der Waals surface area contributed by atoms with Gasteiger partial charge in [-0.1, -0.05) is 20.3 Å². The Morgan fingerprint density at radius 2 is 2.16 bits per heavy atom. The number of carbonyl (C=O) groups is 1. The molecule has 5 heteroatoms. The minimum absolute atomic E-state index is 0. The molecule has 2 unspecified atom stereocenters. The average Bonchev–Trinajstić information content (AvgIpc) is 2.33. The molecule has 114 valence electrons. The van der Waals surface area contributed by atoms with Crippen LogP contribution in [-0.4, -0.2) is 31.7 Å². The van der Waals surface area contributed by atoms with E-state index in [4.69, 9.17) is 10.5 Å². The van der Waals surface area contributed by atoms with Gasteiger partial charge in [0, 0.05) is 31.7 Å². The molecule has 0 aromatic rings. The second kappa shape index (κ2) is 10.5. The van der Waals surface area contributed by atoms with Crippen LogP contribution in [0.3, 0.4) is 0 Å². The molecule has 19 heavy (non-hydrogen) atoms. The Morgan fingerprint density at radius 1 is 1.42 bits per heavy atom. The topological polar surface area (TPSA) is 64.3 Å². The van der Waals surface area contributed by atoms with Crippen molar-refractivity contribution < 1.29 is 9.53 Å². The van der Waals surface area contributed by atoms with Crippen molar-refractivity contribution in [1.82, 2.24) is 5.32 Å². The first-order valence-electron chi connectivity index (χ1n) is 7.20. The van der Waals surface area contributed by atoms with Gasteiger partial charge >= 0.3 is 0 Å². The van der Waals surface area contributed by atoms with Gasteiger partial charge in [0.25, 0.3) is 0 Å². The van der Waals surface area contributed by atoms with E-state index in [-0.39, 0.29) is 30.3 Å². The lowest BCUT2D eigenvalue weighted by atomic mass is 9.85. The van der Waals surface area contributed by atoms with E-state index in [0.717, 1.165) is 45.3 Å². The number of ether oxygens (including phenoxy) is 1. The van der Waals surface area contributed by atoms with Gasteiger partial charge in [-0.3, -0.25) is 4.79 Å². The molecule has 0 aromatic heterocycles. The number of nitrogens with one attached hydrogen (secondary N) is 1. The molecule has 3 N–H and O–H groups in total. The zero-order valence-electron chi connectivity index (χ0n) is 12.2. The lowest BCUT2D eigenvalue weighted by molar-refractivity contribution is -0.126. The molecule has 1 aliphatic carbocycles. The smallest absolute Gasteiger partial charge is 0.223 e. The van der Waals surface area contributed by atoms with E-state index in [1.165, 1.54) is 0 Å². The third-order valence-corrected chi connectivity index (χ3v) is 3.30. The highest BCUT2D eigenvalue weighted by Crippen LogP contribution is 2.22. The van der Waals surface area contributed by atoms with Crippen LogP contribution < -0.4 is 11.1 Å². The molecule has 1 aliphatic rings. The molecule has 1 amide bonds. The molecule has 1 rings (SSSR count). The fraction of sp³-hybridized carbons (Fsp3) is 0.929. The normalized spacial score (nSPS) is 22.9. The maximum atomic E-state index is 11.9. The van der Waals surface area contributed by atoms with Crippen molar-refractivity contribution in [3.8, 4) is 0 Å². The van der Waals surface area contributed by atoms with Crippen LogP contribution in [0.15, 0.2) is 0 Å². The largest absolute Gasteiger partial charge is 0.381 e. The van der Waals surface area contributed by atoms with Crippen molar-refractivity contribution in [2.24, 2.45) is 17.6 Å². The van der Waals surface area contributed by atoms with Crippen molar-refractivity contribution in [3.63, 3.8) is 0 Å². The molecular weight excluding hydrogens is 264 g/mol. The van der Waals surface area contributed by atoms with E-state index in [0.29, 0.717) is 12.5 Å². The molecule has 0 bridgehead atoms. The third kappa shape index (κ3) is 8.45. The molecular formula is C14H29ClN2O2. The fourth-order valence-electron chi connectivity index (χ4n) is 2.31. The Balaban J connectivity index is 0.00000324. The van der Waals surface area contributed by atoms with Crippen LogP contribution in [0.25, 0.3) is 0 Å². The van der Waals surface area contributed by atoms with Crippen LogP contribution in [0.1, 0.15) is 46.0 Å². The standard InChI is InChI=1S/C14H28N2O2.ClH/c1-11(2)10-18-8-4-7-16-14(17)12-5-3-6-13(15)9-12;/h11-13H,3-10,15H2,1-2H3,(H,16,17);1H. The van der Waals surface area contributed by atoms with Crippen LogP contribution in [-0.2, 0) is 9.53 Å². The summed E-state index contributed by atoms with van der Waals surface area (Å²) in [6.07, 6.45) is 4.86. The van der Waals surface area contributed by atoms with E-state index < -0.39 is 0 Å². The van der Waals surface area contributed by atoms with E-state index in [9.17, 15) is 4.79 Å². The summed E-state index contributed by atoms with van der Waals surface area (Å²) in [5.41, 5.74) is 5.89. The summed E-state index contributed by atoms with van der Waals surface area (Å²) in [4.78, 5) is 11.9. The molecule has 1 saturated carbocycles. The summed E-state index contributed by atoms with van der Waals surface area (Å²) in [7, 11) is 0. The number of nitrogens with two attached hydrogens (primary N) is 1. The van der Waals surface area contributed by atoms with Crippen molar-refractivity contribution in [2.75, 3.05) is 19.8 Å². The lowest BCUT2D eigenvalue weighted by Crippen LogP contribution is -2.38. The second-order valence-electron chi connectivity index (χ2n) is 5.74. The van der Waals surface area contributed by atoms with Gasteiger partial charge in [0.15, 0.2) is 0 Å². The molecule has 0 spiro atoms. The number of hydrogen-bond acceptors (Lipinski definition) is 3. The summed E-state index contributed by atoms with van der Waals surface area (Å²) < 4.78 is 5.47. The predicted octanol–water partition coefficient (Wildman–Crippen LogP) is 2.10.